The van der Waals surface area contributed by atoms with Gasteiger partial charge in [0.2, 0.25) is 11.9 Å². The minimum atomic E-state index is -0.757. The van der Waals surface area contributed by atoms with Crippen LogP contribution < -0.4 is 10.6 Å². The van der Waals surface area contributed by atoms with Crippen LogP contribution >= 0.6 is 11.8 Å². The van der Waals surface area contributed by atoms with Crippen LogP contribution in [-0.2, 0) is 28.7 Å². The van der Waals surface area contributed by atoms with Crippen molar-refractivity contribution >= 4 is 58.2 Å². The Bertz CT molecular complexity index is 1250. The average molecular weight is 502 g/mol. The maximum Gasteiger partial charge on any atom is 0.355 e. The Kier molecular flexibility index (Phi) is 6.50. The van der Waals surface area contributed by atoms with Crippen LogP contribution in [0, 0.1) is 0 Å². The summed E-state index contributed by atoms with van der Waals surface area (Å²) in [5, 5.41) is 5.47. The first-order chi connectivity index (χ1) is 16.4. The summed E-state index contributed by atoms with van der Waals surface area (Å²) in [6, 6.07) is 4.63. The molecule has 0 radical (unpaired) electrons. The van der Waals surface area contributed by atoms with Gasteiger partial charge in [0.15, 0.2) is 0 Å². The quantitative estimate of drug-likeness (QED) is 0.401. The number of carbonyl (C=O) groups is 4. The molecule has 35 heavy (non-hydrogen) atoms. The van der Waals surface area contributed by atoms with Crippen LogP contribution in [0.5, 0.6) is 0 Å². The molecule has 12 heteroatoms. The molecule has 1 aromatic heterocycles. The second kappa shape index (κ2) is 9.25. The van der Waals surface area contributed by atoms with Crippen LogP contribution in [0.25, 0.3) is 11.0 Å². The molecule has 1 saturated heterocycles. The van der Waals surface area contributed by atoms with Gasteiger partial charge in [-0.15, -0.1) is 11.8 Å². The van der Waals surface area contributed by atoms with Crippen molar-refractivity contribution in [2.75, 3.05) is 23.0 Å². The van der Waals surface area contributed by atoms with E-state index in [9.17, 15) is 19.2 Å². The highest BCUT2D eigenvalue weighted by Crippen LogP contribution is 2.42. The average Bonchev–Trinajstić information content (AvgIpc) is 3.15. The first-order valence-corrected chi connectivity index (χ1v) is 12.0. The number of H-pyrrole nitrogens is 1. The van der Waals surface area contributed by atoms with Crippen molar-refractivity contribution in [2.45, 2.75) is 51.6 Å². The molecular formula is C23H27N5O6S. The predicted molar refractivity (Wildman–Crippen MR) is 130 cm³/mol. The molecule has 1 aromatic carbocycles. The van der Waals surface area contributed by atoms with Gasteiger partial charge in [0, 0.05) is 30.9 Å². The second-order valence-electron chi connectivity index (χ2n) is 9.26. The number of hydrogen-bond donors (Lipinski definition) is 3. The van der Waals surface area contributed by atoms with E-state index in [2.05, 4.69) is 20.6 Å². The maximum absolute atomic E-state index is 13.2. The number of benzene rings is 1. The molecule has 0 bridgehead atoms. The minimum Gasteiger partial charge on any atom is -0.461 e. The molecule has 3 heterocycles. The number of hydrogen-bond acceptors (Lipinski definition) is 9. The van der Waals surface area contributed by atoms with Gasteiger partial charge >= 0.3 is 11.9 Å². The lowest BCUT2D eigenvalue weighted by Gasteiger charge is -2.49. The Morgan fingerprint density at radius 3 is 2.66 bits per heavy atom. The fourth-order valence-electron chi connectivity index (χ4n) is 3.80. The number of rotatable bonds is 6. The van der Waals surface area contributed by atoms with Crippen LogP contribution in [0.3, 0.4) is 0 Å². The number of nitrogens with zero attached hydrogens (tertiary/aromatic N) is 2. The minimum absolute atomic E-state index is 0.0916. The normalized spacial score (nSPS) is 19.7. The highest BCUT2D eigenvalue weighted by atomic mass is 32.2. The van der Waals surface area contributed by atoms with Gasteiger partial charge in [0.1, 0.15) is 29.3 Å². The van der Waals surface area contributed by atoms with E-state index in [0.717, 1.165) is 0 Å². The molecule has 2 amide bonds. The number of esters is 2. The van der Waals surface area contributed by atoms with E-state index in [4.69, 9.17) is 9.47 Å². The summed E-state index contributed by atoms with van der Waals surface area (Å²) >= 11 is 1.46. The molecule has 1 fully saturated rings. The number of aromatic nitrogens is 2. The molecule has 11 nitrogen and oxygen atoms in total. The highest BCUT2D eigenvalue weighted by Gasteiger charge is 2.54. The van der Waals surface area contributed by atoms with E-state index in [1.165, 1.54) is 30.5 Å². The van der Waals surface area contributed by atoms with E-state index in [-0.39, 0.29) is 29.5 Å². The lowest BCUT2D eigenvalue weighted by molar-refractivity contribution is -0.157. The largest absolute Gasteiger partial charge is 0.461 e. The first kappa shape index (κ1) is 24.6. The van der Waals surface area contributed by atoms with Crippen molar-refractivity contribution in [3.05, 3.63) is 29.5 Å². The highest BCUT2D eigenvalue weighted by molar-refractivity contribution is 8.00. The van der Waals surface area contributed by atoms with Crippen LogP contribution in [-0.4, -0.2) is 68.0 Å². The summed E-state index contributed by atoms with van der Waals surface area (Å²) in [6.07, 6.45) is 0. The number of amides is 2. The van der Waals surface area contributed by atoms with Gasteiger partial charge in [-0.05, 0) is 39.0 Å². The molecule has 4 rings (SSSR count). The fraction of sp³-hybridized carbons (Fsp3) is 0.435. The van der Waals surface area contributed by atoms with Gasteiger partial charge in [0.25, 0.3) is 5.91 Å². The zero-order valence-electron chi connectivity index (χ0n) is 20.1. The predicted octanol–water partition coefficient (Wildman–Crippen LogP) is 2.38. The number of ether oxygens (including phenoxy) is 2. The smallest absolute Gasteiger partial charge is 0.355 e. The summed E-state index contributed by atoms with van der Waals surface area (Å²) < 4.78 is 10.6. The Morgan fingerprint density at radius 1 is 1.26 bits per heavy atom. The van der Waals surface area contributed by atoms with Crippen LogP contribution in [0.4, 0.5) is 11.6 Å². The van der Waals surface area contributed by atoms with Gasteiger partial charge in [-0.3, -0.25) is 19.3 Å². The third-order valence-electron chi connectivity index (χ3n) is 5.18. The Morgan fingerprint density at radius 2 is 2.00 bits per heavy atom. The van der Waals surface area contributed by atoms with E-state index >= 15 is 0 Å². The van der Waals surface area contributed by atoms with Gasteiger partial charge < -0.3 is 25.1 Å². The lowest BCUT2D eigenvalue weighted by Crippen LogP contribution is -2.68. The number of nitrogens with one attached hydrogen (secondary N) is 3. The molecule has 3 N–H and O–H groups in total. The maximum atomic E-state index is 13.2. The summed E-state index contributed by atoms with van der Waals surface area (Å²) in [5.74, 6) is -0.817. The summed E-state index contributed by atoms with van der Waals surface area (Å²) in [4.78, 5) is 57.8. The lowest BCUT2D eigenvalue weighted by atomic mass is 10.0. The zero-order valence-corrected chi connectivity index (χ0v) is 20.9. The number of imidazole rings is 1. The van der Waals surface area contributed by atoms with E-state index in [1.807, 2.05) is 0 Å². The molecule has 0 saturated carbocycles. The monoisotopic (exact) mass is 501 g/mol. The third-order valence-corrected chi connectivity index (χ3v) is 6.52. The van der Waals surface area contributed by atoms with Crippen molar-refractivity contribution < 1.29 is 28.7 Å². The Hall–Kier alpha value is -3.54. The number of anilines is 2. The number of carbonyl (C=O) groups excluding carboxylic acids is 4. The van der Waals surface area contributed by atoms with Crippen LogP contribution in [0.1, 0.15) is 34.6 Å². The summed E-state index contributed by atoms with van der Waals surface area (Å²) in [5.41, 5.74) is 1.87. The molecule has 2 aliphatic heterocycles. The molecule has 2 atom stereocenters. The number of fused-ring (bicyclic) bond motifs is 2. The fourth-order valence-corrected chi connectivity index (χ4v) is 5.13. The van der Waals surface area contributed by atoms with Gasteiger partial charge in [-0.1, -0.05) is 0 Å². The van der Waals surface area contributed by atoms with E-state index in [1.54, 1.807) is 39.0 Å². The molecule has 186 valence electrons. The van der Waals surface area contributed by atoms with Crippen molar-refractivity contribution in [3.63, 3.8) is 0 Å². The molecular weight excluding hydrogens is 474 g/mol. The van der Waals surface area contributed by atoms with Crippen molar-refractivity contribution in [2.24, 2.45) is 0 Å². The summed E-state index contributed by atoms with van der Waals surface area (Å²) in [6.45, 7) is 7.85. The van der Waals surface area contributed by atoms with Gasteiger partial charge in [-0.25, -0.2) is 9.78 Å². The Labute approximate surface area is 206 Å². The SMILES string of the molecule is CC(=O)Nc1ccc2nc(N[C@@H]3C(=O)N4C(C(=O)OC(C)(C)C)=C(COC(C)=O)CS[C@H]34)[nH]c2c1. The van der Waals surface area contributed by atoms with E-state index in [0.29, 0.717) is 34.0 Å². The number of thioether (sulfide) groups is 1. The number of β-lactam (4-membered cyclic amide) rings is 1. The molecule has 2 aromatic rings. The van der Waals surface area contributed by atoms with E-state index < -0.39 is 23.6 Å². The Balaban J connectivity index is 1.55. The molecule has 0 aliphatic carbocycles. The van der Waals surface area contributed by atoms with Crippen LogP contribution in [0.15, 0.2) is 29.5 Å². The molecule has 2 aliphatic rings. The molecule has 0 unspecified atom stereocenters. The van der Waals surface area contributed by atoms with Crippen LogP contribution in [0.2, 0.25) is 0 Å². The van der Waals surface area contributed by atoms with Gasteiger partial charge in [0.05, 0.1) is 11.0 Å². The zero-order chi connectivity index (χ0) is 25.5. The van der Waals surface area contributed by atoms with Crippen molar-refractivity contribution in [1.29, 1.82) is 0 Å². The van der Waals surface area contributed by atoms with Crippen molar-refractivity contribution in [3.8, 4) is 0 Å². The van der Waals surface area contributed by atoms with Gasteiger partial charge in [-0.2, -0.15) is 0 Å². The third kappa shape index (κ3) is 5.26. The molecule has 0 spiro atoms. The topological polar surface area (TPSA) is 143 Å². The summed E-state index contributed by atoms with van der Waals surface area (Å²) in [7, 11) is 0. The van der Waals surface area contributed by atoms with Crippen molar-refractivity contribution in [1.82, 2.24) is 14.9 Å². The number of aromatic amines is 1. The standard InChI is InChI=1S/C23H27N5O6S/c1-11(29)24-14-6-7-15-16(8-14)26-22(25-15)27-17-19(31)28-18(21(32)34-23(3,4)5)13(9-33-12(2)30)10-35-20(17)28/h6-8,17,20H,9-10H2,1-5H3,(H,24,29)(H2,25,26,27)/t17-,20-/m1/s1. The second-order valence-corrected chi connectivity index (χ2v) is 10.4. The first-order valence-electron chi connectivity index (χ1n) is 11.0.